The van der Waals surface area contributed by atoms with E-state index in [1.54, 1.807) is 0 Å². The molecule has 9 aliphatic rings. The van der Waals surface area contributed by atoms with Crippen molar-refractivity contribution in [2.45, 2.75) is 405 Å². The predicted octanol–water partition coefficient (Wildman–Crippen LogP) is 30.5. The van der Waals surface area contributed by atoms with Gasteiger partial charge in [-0.15, -0.1) is 0 Å². The minimum atomic E-state index is 0.0906. The first-order valence-corrected chi connectivity index (χ1v) is 43.4. The van der Waals surface area contributed by atoms with Crippen LogP contribution in [0.5, 0.6) is 0 Å². The lowest BCUT2D eigenvalue weighted by Gasteiger charge is -2.38. The largest absolute Gasteiger partial charge is 0.207 e. The van der Waals surface area contributed by atoms with Gasteiger partial charge in [-0.05, 0) is 351 Å². The van der Waals surface area contributed by atoms with E-state index in [1.807, 2.05) is 18.2 Å². The quantitative estimate of drug-likeness (QED) is 0.0784. The highest BCUT2D eigenvalue weighted by Gasteiger charge is 2.36. The first-order valence-electron chi connectivity index (χ1n) is 43.4. The molecular weight excluding hydrogens is 1170 g/mol. The third kappa shape index (κ3) is 22.2. The van der Waals surface area contributed by atoms with Gasteiger partial charge in [-0.2, -0.15) is 0 Å². The van der Waals surface area contributed by atoms with Crippen molar-refractivity contribution in [3.05, 3.63) is 105 Å². The molecule has 540 valence electrons. The van der Waals surface area contributed by atoms with Gasteiger partial charge in [-0.25, -0.2) is 13.2 Å². The first kappa shape index (κ1) is 76.1. The van der Waals surface area contributed by atoms with Gasteiger partial charge >= 0.3 is 0 Å². The molecule has 9 aliphatic carbocycles. The van der Waals surface area contributed by atoms with E-state index in [2.05, 4.69) is 77.9 Å². The molecule has 0 nitrogen and oxygen atoms in total. The van der Waals surface area contributed by atoms with Crippen LogP contribution in [0.25, 0.3) is 0 Å². The van der Waals surface area contributed by atoms with Crippen molar-refractivity contribution in [1.82, 2.24) is 0 Å². The molecule has 0 bridgehead atoms. The molecule has 0 N–H and O–H groups in total. The molecule has 0 radical (unpaired) electrons. The van der Waals surface area contributed by atoms with Crippen LogP contribution in [0.15, 0.2) is 54.6 Å². The maximum Gasteiger partial charge on any atom is 0.126 e. The molecule has 9 saturated carbocycles. The van der Waals surface area contributed by atoms with Gasteiger partial charge in [-0.1, -0.05) is 213 Å². The topological polar surface area (TPSA) is 0 Å². The molecule has 0 atom stereocenters. The summed E-state index contributed by atoms with van der Waals surface area (Å²) in [6, 6.07) is 19.2. The molecule has 3 heteroatoms. The summed E-state index contributed by atoms with van der Waals surface area (Å²) in [6.07, 6.45) is 69.2. The molecule has 96 heavy (non-hydrogen) atoms. The zero-order valence-electron chi connectivity index (χ0n) is 63.3. The van der Waals surface area contributed by atoms with Crippen molar-refractivity contribution in [2.24, 2.45) is 71.0 Å². The van der Waals surface area contributed by atoms with Crippen molar-refractivity contribution in [3.8, 4) is 0 Å². The second-order valence-corrected chi connectivity index (χ2v) is 35.5. The molecule has 0 aliphatic heterocycles. The summed E-state index contributed by atoms with van der Waals surface area (Å²) in [4.78, 5) is 0. The Kier molecular flexibility index (Phi) is 32.0. The van der Waals surface area contributed by atoms with Crippen LogP contribution in [-0.4, -0.2) is 0 Å². The zero-order chi connectivity index (χ0) is 67.0. The molecule has 0 amide bonds. The number of benzene rings is 3. The number of rotatable bonds is 24. The molecule has 0 saturated heterocycles. The average Bonchev–Trinajstić information content (AvgIpc) is 1.11. The first-order chi connectivity index (χ1) is 47.0. The van der Waals surface area contributed by atoms with Gasteiger partial charge in [0.05, 0.1) is 0 Å². The van der Waals surface area contributed by atoms with Crippen LogP contribution in [0.4, 0.5) is 13.2 Å². The SMILES string of the molecule is CCCC1CCC(c2ccc(C3CCC(C4CCC(CCC)CC4)CC3)cc2F)CC1.CCCCC1CCC(c2ccc(C3CCC(C4CCC(CCC)CC4)CC3)cc2F)CC1.CCCCCC1CCC(c2ccc(C3CCC(C4CCC(CCC)CC4)CC3)cc2F)CC1. The molecule has 0 spiro atoms. The Morgan fingerprint density at radius 2 is 0.427 bits per heavy atom. The minimum absolute atomic E-state index is 0.0906. The second-order valence-electron chi connectivity index (χ2n) is 35.5. The fourth-order valence-corrected chi connectivity index (χ4v) is 23.1. The standard InChI is InChI=1S/C32H51F.C31H49F.C30H47F/c1-3-5-6-8-25-11-15-29(16-12-25)31-22-21-30(23-32(31)33)28-19-17-27(18-20-28)26-13-9-24(7-4-2)10-14-26;1-3-5-7-24-10-14-28(15-11-24)30-21-20-29(22-31(30)32)27-18-16-26(17-19-27)25-12-8-23(6-4-2)9-13-25;1-3-5-22-7-11-24(12-8-22)25-15-17-26(18-16-25)28-19-20-29(30(31)21-28)27-13-9-23(6-4-2)10-14-27/h21-29H,3-20H2,1-2H3;20-28H,3-19H2,1-2H3;19-27H,3-18H2,1-2H3. The summed E-state index contributed by atoms with van der Waals surface area (Å²) in [6.45, 7) is 13.9. The van der Waals surface area contributed by atoms with E-state index in [0.29, 0.717) is 35.5 Å². The Morgan fingerprint density at radius 3 is 0.656 bits per heavy atom. The number of hydrogen-bond donors (Lipinski definition) is 0. The summed E-state index contributed by atoms with van der Waals surface area (Å²) in [5.74, 6) is 14.9. The summed E-state index contributed by atoms with van der Waals surface area (Å²) >= 11 is 0. The highest BCUT2D eigenvalue weighted by molar-refractivity contribution is 5.33. The molecule has 0 heterocycles. The van der Waals surface area contributed by atoms with Crippen molar-refractivity contribution < 1.29 is 13.2 Å². The lowest BCUT2D eigenvalue weighted by Crippen LogP contribution is -2.25. The van der Waals surface area contributed by atoms with Gasteiger partial charge in [0.15, 0.2) is 0 Å². The van der Waals surface area contributed by atoms with Crippen LogP contribution in [0.2, 0.25) is 0 Å². The van der Waals surface area contributed by atoms with Gasteiger partial charge in [0, 0.05) is 0 Å². The van der Waals surface area contributed by atoms with Crippen LogP contribution < -0.4 is 0 Å². The van der Waals surface area contributed by atoms with Crippen LogP contribution in [0.1, 0.15) is 438 Å². The third-order valence-corrected chi connectivity index (χ3v) is 29.3. The second kappa shape index (κ2) is 40.3. The van der Waals surface area contributed by atoms with Crippen LogP contribution in [0, 0.1) is 88.5 Å². The summed E-state index contributed by atoms with van der Waals surface area (Å²) in [5.41, 5.74) is 6.90. The third-order valence-electron chi connectivity index (χ3n) is 29.3. The smallest absolute Gasteiger partial charge is 0.126 e. The van der Waals surface area contributed by atoms with E-state index >= 15 is 13.2 Å². The van der Waals surface area contributed by atoms with Gasteiger partial charge in [0.25, 0.3) is 0 Å². The van der Waals surface area contributed by atoms with Gasteiger partial charge in [0.1, 0.15) is 17.5 Å². The predicted molar refractivity (Wildman–Crippen MR) is 407 cm³/mol. The molecule has 0 aromatic heterocycles. The van der Waals surface area contributed by atoms with E-state index in [4.69, 9.17) is 0 Å². The van der Waals surface area contributed by atoms with Crippen LogP contribution in [-0.2, 0) is 0 Å². The lowest BCUT2D eigenvalue weighted by molar-refractivity contribution is 0.156. The highest BCUT2D eigenvalue weighted by atomic mass is 19.1. The molecule has 3 aromatic rings. The van der Waals surface area contributed by atoms with Crippen molar-refractivity contribution in [2.75, 3.05) is 0 Å². The minimum Gasteiger partial charge on any atom is -0.207 e. The molecule has 0 unspecified atom stereocenters. The van der Waals surface area contributed by atoms with Gasteiger partial charge in [0.2, 0.25) is 0 Å². The number of halogens is 3. The van der Waals surface area contributed by atoms with Gasteiger partial charge < -0.3 is 0 Å². The summed E-state index contributed by atoms with van der Waals surface area (Å²) in [5, 5.41) is 0. The molecule has 3 aromatic carbocycles. The van der Waals surface area contributed by atoms with Crippen molar-refractivity contribution in [3.63, 3.8) is 0 Å². The fraction of sp³-hybridized carbons (Fsp3) is 0.806. The Bertz CT molecular complexity index is 2580. The molecular formula is C93H147F3. The van der Waals surface area contributed by atoms with E-state index < -0.39 is 0 Å². The summed E-state index contributed by atoms with van der Waals surface area (Å²) in [7, 11) is 0. The monoisotopic (exact) mass is 1320 g/mol. The van der Waals surface area contributed by atoms with E-state index in [0.717, 1.165) is 87.7 Å². The highest BCUT2D eigenvalue weighted by Crippen LogP contribution is 2.50. The fourth-order valence-electron chi connectivity index (χ4n) is 23.1. The maximum atomic E-state index is 15.2. The Labute approximate surface area is 590 Å². The van der Waals surface area contributed by atoms with Crippen molar-refractivity contribution in [1.29, 1.82) is 0 Å². The van der Waals surface area contributed by atoms with E-state index in [9.17, 15) is 0 Å². The van der Waals surface area contributed by atoms with Gasteiger partial charge in [-0.3, -0.25) is 0 Å². The number of hydrogen-bond acceptors (Lipinski definition) is 0. The lowest BCUT2D eigenvalue weighted by atomic mass is 9.68. The summed E-state index contributed by atoms with van der Waals surface area (Å²) < 4.78 is 45.5. The normalized spacial score (nSPS) is 33.8. The Balaban J connectivity index is 0.000000157. The van der Waals surface area contributed by atoms with E-state index in [1.165, 1.54) is 344 Å². The molecule has 9 fully saturated rings. The Hall–Kier alpha value is -2.55. The van der Waals surface area contributed by atoms with Crippen LogP contribution in [0.3, 0.4) is 0 Å². The number of unbranched alkanes of at least 4 members (excludes halogenated alkanes) is 3. The van der Waals surface area contributed by atoms with Crippen LogP contribution >= 0.6 is 0 Å². The average molecular weight is 1320 g/mol. The van der Waals surface area contributed by atoms with E-state index in [-0.39, 0.29) is 17.5 Å². The Morgan fingerprint density at radius 1 is 0.219 bits per heavy atom. The molecule has 12 rings (SSSR count). The zero-order valence-corrected chi connectivity index (χ0v) is 63.3. The maximum absolute atomic E-state index is 15.2. The van der Waals surface area contributed by atoms with Crippen molar-refractivity contribution >= 4 is 0 Å².